The molecule has 0 spiro atoms. The lowest BCUT2D eigenvalue weighted by Crippen LogP contribution is -2.06. The molecular formula is C15H12ClN3O. The molecule has 0 N–H and O–H groups in total. The molecular weight excluding hydrogens is 274 g/mol. The molecule has 3 aromatic rings. The van der Waals surface area contributed by atoms with Crippen LogP contribution in [0.4, 0.5) is 0 Å². The van der Waals surface area contributed by atoms with Crippen molar-refractivity contribution in [3.8, 4) is 0 Å². The molecule has 0 radical (unpaired) electrons. The number of benzene rings is 1. The molecule has 0 saturated heterocycles. The minimum absolute atomic E-state index is 0.546. The summed E-state index contributed by atoms with van der Waals surface area (Å²) < 4.78 is 1.70. The molecule has 5 heteroatoms. The molecule has 0 aliphatic heterocycles. The summed E-state index contributed by atoms with van der Waals surface area (Å²) >= 11 is 5.96. The summed E-state index contributed by atoms with van der Waals surface area (Å²) in [5.41, 5.74) is 3.43. The number of fused-ring (bicyclic) bond motifs is 1. The van der Waals surface area contributed by atoms with Gasteiger partial charge in [-0.1, -0.05) is 17.7 Å². The molecule has 100 valence electrons. The first kappa shape index (κ1) is 12.8. The van der Waals surface area contributed by atoms with Gasteiger partial charge in [-0.3, -0.25) is 14.5 Å². The lowest BCUT2D eigenvalue weighted by atomic mass is 10.1. The quantitative estimate of drug-likeness (QED) is 0.694. The van der Waals surface area contributed by atoms with Gasteiger partial charge in [0, 0.05) is 11.6 Å². The Bertz CT molecular complexity index is 795. The Morgan fingerprint density at radius 3 is 2.95 bits per heavy atom. The number of carbonyl (C=O) groups is 1. The van der Waals surface area contributed by atoms with Crippen LogP contribution in [0.5, 0.6) is 0 Å². The van der Waals surface area contributed by atoms with Crippen LogP contribution in [-0.4, -0.2) is 21.1 Å². The minimum atomic E-state index is 0.546. The second-order valence-electron chi connectivity index (χ2n) is 4.67. The van der Waals surface area contributed by atoms with Gasteiger partial charge < -0.3 is 0 Å². The topological polar surface area (TPSA) is 47.8 Å². The highest BCUT2D eigenvalue weighted by atomic mass is 35.5. The van der Waals surface area contributed by atoms with Crippen molar-refractivity contribution in [3.63, 3.8) is 0 Å². The van der Waals surface area contributed by atoms with E-state index in [2.05, 4.69) is 10.1 Å². The van der Waals surface area contributed by atoms with Gasteiger partial charge in [0.15, 0.2) is 6.29 Å². The van der Waals surface area contributed by atoms with Crippen LogP contribution in [0, 0.1) is 6.92 Å². The first-order chi connectivity index (χ1) is 9.67. The zero-order valence-corrected chi connectivity index (χ0v) is 11.6. The van der Waals surface area contributed by atoms with Crippen LogP contribution in [0.1, 0.15) is 21.6 Å². The molecule has 3 rings (SSSR count). The van der Waals surface area contributed by atoms with Crippen molar-refractivity contribution in [1.82, 2.24) is 14.8 Å². The van der Waals surface area contributed by atoms with Crippen molar-refractivity contribution < 1.29 is 4.79 Å². The second kappa shape index (κ2) is 5.06. The molecule has 0 aliphatic rings. The van der Waals surface area contributed by atoms with Gasteiger partial charge in [0.1, 0.15) is 5.69 Å². The zero-order valence-electron chi connectivity index (χ0n) is 10.9. The molecule has 0 bridgehead atoms. The van der Waals surface area contributed by atoms with Gasteiger partial charge in [-0.15, -0.1) is 0 Å². The number of carbonyl (C=O) groups excluding carboxylic acids is 1. The van der Waals surface area contributed by atoms with Gasteiger partial charge in [-0.25, -0.2) is 0 Å². The number of rotatable bonds is 3. The number of aldehydes is 1. The second-order valence-corrected chi connectivity index (χ2v) is 5.11. The summed E-state index contributed by atoms with van der Waals surface area (Å²) in [7, 11) is 0. The molecule has 0 saturated carbocycles. The molecule has 4 nitrogen and oxygen atoms in total. The Morgan fingerprint density at radius 2 is 2.15 bits per heavy atom. The maximum atomic E-state index is 11.1. The van der Waals surface area contributed by atoms with Crippen LogP contribution < -0.4 is 0 Å². The Labute approximate surface area is 121 Å². The third-order valence-electron chi connectivity index (χ3n) is 3.23. The van der Waals surface area contributed by atoms with Crippen LogP contribution >= 0.6 is 11.6 Å². The maximum absolute atomic E-state index is 11.1. The number of pyridine rings is 1. The average Bonchev–Trinajstić information content (AvgIpc) is 2.78. The Morgan fingerprint density at radius 1 is 1.30 bits per heavy atom. The van der Waals surface area contributed by atoms with E-state index in [1.54, 1.807) is 17.1 Å². The van der Waals surface area contributed by atoms with E-state index in [4.69, 9.17) is 11.6 Å². The zero-order chi connectivity index (χ0) is 14.1. The fourth-order valence-corrected chi connectivity index (χ4v) is 2.36. The third-order valence-corrected chi connectivity index (χ3v) is 3.44. The van der Waals surface area contributed by atoms with E-state index in [9.17, 15) is 4.79 Å². The van der Waals surface area contributed by atoms with E-state index in [1.807, 2.05) is 31.2 Å². The van der Waals surface area contributed by atoms with E-state index in [0.29, 0.717) is 17.3 Å². The normalized spacial score (nSPS) is 10.9. The highest BCUT2D eigenvalue weighted by Gasteiger charge is 2.07. The van der Waals surface area contributed by atoms with Gasteiger partial charge in [0.2, 0.25) is 0 Å². The van der Waals surface area contributed by atoms with Crippen molar-refractivity contribution in [2.45, 2.75) is 13.5 Å². The lowest BCUT2D eigenvalue weighted by molar-refractivity contribution is 0.111. The molecule has 0 unspecified atom stereocenters. The highest BCUT2D eigenvalue weighted by molar-refractivity contribution is 6.31. The van der Waals surface area contributed by atoms with Crippen LogP contribution in [0.3, 0.4) is 0 Å². The predicted molar refractivity (Wildman–Crippen MR) is 78.2 cm³/mol. The van der Waals surface area contributed by atoms with Gasteiger partial charge in [-0.2, -0.15) is 5.10 Å². The maximum Gasteiger partial charge on any atom is 0.168 e. The van der Waals surface area contributed by atoms with E-state index in [1.165, 1.54) is 0 Å². The average molecular weight is 286 g/mol. The molecule has 0 aliphatic carbocycles. The van der Waals surface area contributed by atoms with Gasteiger partial charge in [0.05, 0.1) is 23.3 Å². The third kappa shape index (κ3) is 2.30. The van der Waals surface area contributed by atoms with Crippen LogP contribution in [0.15, 0.2) is 36.7 Å². The summed E-state index contributed by atoms with van der Waals surface area (Å²) in [6, 6.07) is 7.81. The van der Waals surface area contributed by atoms with Crippen molar-refractivity contribution >= 4 is 28.8 Å². The largest absolute Gasteiger partial charge is 0.296 e. The monoisotopic (exact) mass is 285 g/mol. The number of aryl methyl sites for hydroxylation is 1. The van der Waals surface area contributed by atoms with Gasteiger partial charge in [-0.05, 0) is 36.2 Å². The van der Waals surface area contributed by atoms with Crippen LogP contribution in [0.2, 0.25) is 5.02 Å². The summed E-state index contributed by atoms with van der Waals surface area (Å²) in [6.45, 7) is 2.42. The van der Waals surface area contributed by atoms with Gasteiger partial charge in [0.25, 0.3) is 0 Å². The highest BCUT2D eigenvalue weighted by Crippen LogP contribution is 2.19. The van der Waals surface area contributed by atoms with Crippen molar-refractivity contribution in [1.29, 1.82) is 0 Å². The SMILES string of the molecule is Cc1cnn(Cc2ccc3ncc(Cl)cc3c2)c1C=O. The number of halogens is 1. The van der Waals surface area contributed by atoms with E-state index in [-0.39, 0.29) is 0 Å². The Kier molecular flexibility index (Phi) is 3.24. The van der Waals surface area contributed by atoms with E-state index < -0.39 is 0 Å². The fraction of sp³-hybridized carbons (Fsp3) is 0.133. The minimum Gasteiger partial charge on any atom is -0.296 e. The number of nitrogens with zero attached hydrogens (tertiary/aromatic N) is 3. The lowest BCUT2D eigenvalue weighted by Gasteiger charge is -2.06. The van der Waals surface area contributed by atoms with Crippen molar-refractivity contribution in [3.05, 3.63) is 58.5 Å². The van der Waals surface area contributed by atoms with E-state index >= 15 is 0 Å². The molecule has 0 fully saturated rings. The first-order valence-corrected chi connectivity index (χ1v) is 6.57. The summed E-state index contributed by atoms with van der Waals surface area (Å²) in [5.74, 6) is 0. The fourth-order valence-electron chi connectivity index (χ4n) is 2.19. The first-order valence-electron chi connectivity index (χ1n) is 6.19. The smallest absolute Gasteiger partial charge is 0.168 e. The molecule has 0 atom stereocenters. The van der Waals surface area contributed by atoms with E-state index in [0.717, 1.165) is 28.3 Å². The standard InChI is InChI=1S/C15H12ClN3O/c1-10-6-18-19(15(10)9-20)8-11-2-3-14-12(4-11)5-13(16)7-17-14/h2-7,9H,8H2,1H3. The molecule has 1 aromatic carbocycles. The predicted octanol–water partition coefficient (Wildman–Crippen LogP) is 3.25. The summed E-state index contributed by atoms with van der Waals surface area (Å²) in [4.78, 5) is 15.3. The van der Waals surface area contributed by atoms with Crippen molar-refractivity contribution in [2.24, 2.45) is 0 Å². The van der Waals surface area contributed by atoms with Crippen LogP contribution in [-0.2, 0) is 6.54 Å². The molecule has 2 aromatic heterocycles. The Balaban J connectivity index is 2.00. The van der Waals surface area contributed by atoms with Crippen molar-refractivity contribution in [2.75, 3.05) is 0 Å². The molecule has 20 heavy (non-hydrogen) atoms. The number of hydrogen-bond acceptors (Lipinski definition) is 3. The molecule has 0 amide bonds. The summed E-state index contributed by atoms with van der Waals surface area (Å²) in [6.07, 6.45) is 4.16. The Hall–Kier alpha value is -2.20. The van der Waals surface area contributed by atoms with Gasteiger partial charge >= 0.3 is 0 Å². The summed E-state index contributed by atoms with van der Waals surface area (Å²) in [5, 5.41) is 5.81. The number of aromatic nitrogens is 3. The molecule has 2 heterocycles. The number of hydrogen-bond donors (Lipinski definition) is 0. The van der Waals surface area contributed by atoms with Crippen LogP contribution in [0.25, 0.3) is 10.9 Å².